The molecule has 1 amide bonds. The molecule has 2 aliphatic rings. The summed E-state index contributed by atoms with van der Waals surface area (Å²) in [6.45, 7) is 2.62. The molecule has 1 aromatic rings. The molecule has 0 aliphatic carbocycles. The van der Waals surface area contributed by atoms with E-state index >= 15 is 0 Å². The van der Waals surface area contributed by atoms with Crippen molar-refractivity contribution < 1.29 is 13.2 Å². The molecule has 2 heterocycles. The van der Waals surface area contributed by atoms with Gasteiger partial charge in [0.05, 0.1) is 10.8 Å². The van der Waals surface area contributed by atoms with Crippen molar-refractivity contribution in [3.05, 3.63) is 23.8 Å². The van der Waals surface area contributed by atoms with Crippen molar-refractivity contribution in [1.82, 2.24) is 4.31 Å². The lowest BCUT2D eigenvalue weighted by molar-refractivity contribution is -0.116. The van der Waals surface area contributed by atoms with E-state index in [9.17, 15) is 13.2 Å². The molecule has 1 aromatic carbocycles. The van der Waals surface area contributed by atoms with Crippen LogP contribution in [0, 0.1) is 0 Å². The quantitative estimate of drug-likeness (QED) is 0.866. The van der Waals surface area contributed by atoms with Gasteiger partial charge in [0.15, 0.2) is 0 Å². The second-order valence-corrected chi connectivity index (χ2v) is 7.50. The first-order chi connectivity index (χ1) is 9.95. The second-order valence-electron chi connectivity index (χ2n) is 5.61. The third kappa shape index (κ3) is 2.25. The monoisotopic (exact) mass is 309 g/mol. The van der Waals surface area contributed by atoms with Crippen LogP contribution in [0.5, 0.6) is 0 Å². The van der Waals surface area contributed by atoms with Crippen LogP contribution in [0.1, 0.15) is 31.2 Å². The fourth-order valence-corrected chi connectivity index (χ4v) is 4.79. The first kappa shape index (κ1) is 14.5. The van der Waals surface area contributed by atoms with Crippen molar-refractivity contribution in [3.8, 4) is 0 Å². The summed E-state index contributed by atoms with van der Waals surface area (Å²) in [5, 5.41) is 2.75. The van der Waals surface area contributed by atoms with E-state index < -0.39 is 10.0 Å². The van der Waals surface area contributed by atoms with Gasteiger partial charge >= 0.3 is 0 Å². The number of fused-ring (bicyclic) bond motifs is 1. The van der Waals surface area contributed by atoms with E-state index in [1.807, 2.05) is 0 Å². The molecule has 21 heavy (non-hydrogen) atoms. The Hall–Kier alpha value is -1.44. The van der Waals surface area contributed by atoms with Crippen LogP contribution in [0.4, 0.5) is 5.69 Å². The average Bonchev–Trinajstić information content (AvgIpc) is 3.05. The van der Waals surface area contributed by atoms with E-state index in [4.69, 9.17) is 5.73 Å². The Morgan fingerprint density at radius 3 is 2.90 bits per heavy atom. The molecule has 3 N–H and O–H groups in total. The number of hydrogen-bond acceptors (Lipinski definition) is 4. The normalized spacial score (nSPS) is 25.9. The summed E-state index contributed by atoms with van der Waals surface area (Å²) < 4.78 is 27.0. The fraction of sp³-hybridized carbons (Fsp3) is 0.500. The lowest BCUT2D eigenvalue weighted by atomic mass is 10.0. The minimum Gasteiger partial charge on any atom is -0.329 e. The Kier molecular flexibility index (Phi) is 3.51. The largest absolute Gasteiger partial charge is 0.329 e. The molecular formula is C14H19N3O3S. The van der Waals surface area contributed by atoms with Crippen LogP contribution in [0.25, 0.3) is 0 Å². The van der Waals surface area contributed by atoms with Gasteiger partial charge in [-0.25, -0.2) is 8.42 Å². The van der Waals surface area contributed by atoms with Crippen molar-refractivity contribution in [2.45, 2.75) is 36.6 Å². The summed E-state index contributed by atoms with van der Waals surface area (Å²) in [6.07, 6.45) is 1.64. The Bertz CT molecular complexity index is 687. The highest BCUT2D eigenvalue weighted by atomic mass is 32.2. The molecule has 0 saturated carbocycles. The van der Waals surface area contributed by atoms with Crippen molar-refractivity contribution in [1.29, 1.82) is 0 Å². The third-order valence-corrected chi connectivity index (χ3v) is 6.29. The smallest absolute Gasteiger partial charge is 0.243 e. The number of amides is 1. The molecule has 114 valence electrons. The number of carbonyl (C=O) groups is 1. The van der Waals surface area contributed by atoms with Gasteiger partial charge in [0.2, 0.25) is 15.9 Å². The lowest BCUT2D eigenvalue weighted by Crippen LogP contribution is -2.39. The van der Waals surface area contributed by atoms with Crippen LogP contribution < -0.4 is 11.1 Å². The Morgan fingerprint density at radius 2 is 2.19 bits per heavy atom. The van der Waals surface area contributed by atoms with Crippen LogP contribution in [0.3, 0.4) is 0 Å². The minimum absolute atomic E-state index is 0.0967. The standard InChI is InChI=1S/C14H19N3O3S/c1-9-12-7-11(4-5-13(12)16-14(9)18)21(19,20)17-6-2-3-10(17)8-15/h4-5,7,9-10H,2-3,6,8,15H2,1H3,(H,16,18). The maximum atomic E-state index is 12.8. The highest BCUT2D eigenvalue weighted by Gasteiger charge is 2.36. The summed E-state index contributed by atoms with van der Waals surface area (Å²) in [7, 11) is -3.55. The van der Waals surface area contributed by atoms with Gasteiger partial charge in [0, 0.05) is 24.8 Å². The fourth-order valence-electron chi connectivity index (χ4n) is 3.05. The molecule has 0 radical (unpaired) electrons. The molecule has 3 rings (SSSR count). The summed E-state index contributed by atoms with van der Waals surface area (Å²) in [5.41, 5.74) is 7.11. The van der Waals surface area contributed by atoms with Crippen LogP contribution in [0.15, 0.2) is 23.1 Å². The van der Waals surface area contributed by atoms with Gasteiger partial charge in [-0.3, -0.25) is 4.79 Å². The number of benzene rings is 1. The number of nitrogens with two attached hydrogens (primary N) is 1. The van der Waals surface area contributed by atoms with Gasteiger partial charge in [0.1, 0.15) is 0 Å². The second kappa shape index (κ2) is 5.08. The molecule has 6 nitrogen and oxygen atoms in total. The highest BCUT2D eigenvalue weighted by molar-refractivity contribution is 7.89. The first-order valence-electron chi connectivity index (χ1n) is 7.12. The van der Waals surface area contributed by atoms with E-state index in [1.54, 1.807) is 25.1 Å². The average molecular weight is 309 g/mol. The third-order valence-electron chi connectivity index (χ3n) is 4.34. The number of nitrogens with one attached hydrogen (secondary N) is 1. The zero-order valence-corrected chi connectivity index (χ0v) is 12.7. The number of anilines is 1. The van der Waals surface area contributed by atoms with E-state index in [1.165, 1.54) is 4.31 Å². The summed E-state index contributed by atoms with van der Waals surface area (Å²) in [5.74, 6) is -0.417. The Labute approximate surface area is 124 Å². The van der Waals surface area contributed by atoms with Crippen molar-refractivity contribution in [3.63, 3.8) is 0 Å². The molecule has 2 atom stereocenters. The van der Waals surface area contributed by atoms with Crippen molar-refractivity contribution in [2.24, 2.45) is 5.73 Å². The summed E-state index contributed by atoms with van der Waals surface area (Å²) in [6, 6.07) is 4.70. The van der Waals surface area contributed by atoms with E-state index in [0.29, 0.717) is 18.8 Å². The van der Waals surface area contributed by atoms with Crippen LogP contribution in [0.2, 0.25) is 0 Å². The molecule has 1 saturated heterocycles. The first-order valence-corrected chi connectivity index (χ1v) is 8.56. The predicted molar refractivity (Wildman–Crippen MR) is 79.5 cm³/mol. The van der Waals surface area contributed by atoms with E-state index in [0.717, 1.165) is 18.4 Å². The maximum absolute atomic E-state index is 12.8. The van der Waals surface area contributed by atoms with Crippen LogP contribution >= 0.6 is 0 Å². The number of hydrogen-bond donors (Lipinski definition) is 2. The topological polar surface area (TPSA) is 92.5 Å². The number of sulfonamides is 1. The Balaban J connectivity index is 1.99. The Morgan fingerprint density at radius 1 is 1.43 bits per heavy atom. The zero-order valence-electron chi connectivity index (χ0n) is 11.9. The van der Waals surface area contributed by atoms with Crippen molar-refractivity contribution >= 4 is 21.6 Å². The lowest BCUT2D eigenvalue weighted by Gasteiger charge is -2.23. The SMILES string of the molecule is CC1C(=O)Nc2ccc(S(=O)(=O)N3CCCC3CN)cc21. The van der Waals surface area contributed by atoms with Crippen LogP contribution in [-0.4, -0.2) is 37.8 Å². The maximum Gasteiger partial charge on any atom is 0.243 e. The molecule has 1 fully saturated rings. The zero-order chi connectivity index (χ0) is 15.2. The molecular weight excluding hydrogens is 290 g/mol. The van der Waals surface area contributed by atoms with Crippen LogP contribution in [-0.2, 0) is 14.8 Å². The van der Waals surface area contributed by atoms with Gasteiger partial charge < -0.3 is 11.1 Å². The number of nitrogens with zero attached hydrogens (tertiary/aromatic N) is 1. The molecule has 7 heteroatoms. The predicted octanol–water partition coefficient (Wildman–Crippen LogP) is 0.854. The van der Waals surface area contributed by atoms with Gasteiger partial charge in [-0.2, -0.15) is 4.31 Å². The highest BCUT2D eigenvalue weighted by Crippen LogP contribution is 2.35. The van der Waals surface area contributed by atoms with Crippen molar-refractivity contribution in [2.75, 3.05) is 18.4 Å². The van der Waals surface area contributed by atoms with E-state index in [-0.39, 0.29) is 22.8 Å². The van der Waals surface area contributed by atoms with Gasteiger partial charge in [-0.05, 0) is 43.5 Å². The van der Waals surface area contributed by atoms with E-state index in [2.05, 4.69) is 5.32 Å². The summed E-state index contributed by atoms with van der Waals surface area (Å²) in [4.78, 5) is 11.9. The molecule has 0 bridgehead atoms. The number of rotatable bonds is 3. The molecule has 0 spiro atoms. The van der Waals surface area contributed by atoms with Gasteiger partial charge in [0.25, 0.3) is 0 Å². The minimum atomic E-state index is -3.55. The summed E-state index contributed by atoms with van der Waals surface area (Å²) >= 11 is 0. The van der Waals surface area contributed by atoms with Gasteiger partial charge in [-0.15, -0.1) is 0 Å². The number of carbonyl (C=O) groups excluding carboxylic acids is 1. The molecule has 2 aliphatic heterocycles. The molecule has 2 unspecified atom stereocenters. The molecule has 0 aromatic heterocycles. The van der Waals surface area contributed by atoms with Gasteiger partial charge in [-0.1, -0.05) is 0 Å².